The van der Waals surface area contributed by atoms with Crippen molar-refractivity contribution in [2.75, 3.05) is 13.2 Å². The molecule has 6 heteroatoms. The Balaban J connectivity index is 3.18. The molecule has 0 aromatic heterocycles. The summed E-state index contributed by atoms with van der Waals surface area (Å²) in [5.41, 5.74) is 9.83. The van der Waals surface area contributed by atoms with Gasteiger partial charge in [-0.2, -0.15) is 0 Å². The summed E-state index contributed by atoms with van der Waals surface area (Å²) in [5, 5.41) is 10.6. The Labute approximate surface area is 54.0 Å². The maximum Gasteiger partial charge on any atom is 0.273 e. The first-order chi connectivity index (χ1) is 4.06. The second-order valence-electron chi connectivity index (χ2n) is 1.69. The molecule has 0 heterocycles. The standard InChI is InChI=1S/C3H12N3O2P/c4-9(5,8)6-2-1-3-7/h7H,1-3H2,(H5,4,5,6,8). The summed E-state index contributed by atoms with van der Waals surface area (Å²) < 4.78 is 10.5. The molecule has 0 unspecified atom stereocenters. The van der Waals surface area contributed by atoms with Crippen LogP contribution in [-0.2, 0) is 4.57 Å². The molecule has 6 N–H and O–H groups in total. The van der Waals surface area contributed by atoms with E-state index in [0.29, 0.717) is 13.0 Å². The molecule has 0 aromatic carbocycles. The molecular formula is C3H12N3O2P. The van der Waals surface area contributed by atoms with Gasteiger partial charge in [-0.1, -0.05) is 0 Å². The van der Waals surface area contributed by atoms with Crippen LogP contribution < -0.4 is 16.1 Å². The third-order valence-corrected chi connectivity index (χ3v) is 1.41. The van der Waals surface area contributed by atoms with E-state index in [-0.39, 0.29) is 6.61 Å². The summed E-state index contributed by atoms with van der Waals surface area (Å²) in [6.45, 7) is 0.438. The Morgan fingerprint density at radius 1 is 1.56 bits per heavy atom. The molecule has 0 aromatic rings. The predicted molar refractivity (Wildman–Crippen MR) is 35.7 cm³/mol. The van der Waals surface area contributed by atoms with Crippen LogP contribution in [0.1, 0.15) is 6.42 Å². The predicted octanol–water partition coefficient (Wildman–Crippen LogP) is -1.02. The monoisotopic (exact) mass is 153 g/mol. The van der Waals surface area contributed by atoms with Crippen LogP contribution in [0.4, 0.5) is 0 Å². The fraction of sp³-hybridized carbons (Fsp3) is 1.00. The maximum atomic E-state index is 10.5. The van der Waals surface area contributed by atoms with E-state index in [1.807, 2.05) is 0 Å². The highest BCUT2D eigenvalue weighted by molar-refractivity contribution is 7.56. The second kappa shape index (κ2) is 3.98. The van der Waals surface area contributed by atoms with Gasteiger partial charge in [-0.05, 0) is 6.42 Å². The van der Waals surface area contributed by atoms with Gasteiger partial charge in [0.15, 0.2) is 0 Å². The van der Waals surface area contributed by atoms with E-state index >= 15 is 0 Å². The van der Waals surface area contributed by atoms with Crippen LogP contribution in [0, 0.1) is 0 Å². The van der Waals surface area contributed by atoms with Crippen molar-refractivity contribution in [3.63, 3.8) is 0 Å². The Bertz CT molecular complexity index is 112. The van der Waals surface area contributed by atoms with E-state index in [4.69, 9.17) is 16.1 Å². The molecule has 0 amide bonds. The zero-order chi connectivity index (χ0) is 7.33. The van der Waals surface area contributed by atoms with Gasteiger partial charge in [0.1, 0.15) is 0 Å². The molecule has 0 aliphatic heterocycles. The van der Waals surface area contributed by atoms with Crippen LogP contribution in [0.25, 0.3) is 0 Å². The molecule has 0 bridgehead atoms. The van der Waals surface area contributed by atoms with Crippen molar-refractivity contribution in [3.05, 3.63) is 0 Å². The molecule has 0 atom stereocenters. The summed E-state index contributed by atoms with van der Waals surface area (Å²) in [6, 6.07) is 0. The van der Waals surface area contributed by atoms with Gasteiger partial charge in [0.2, 0.25) is 0 Å². The third-order valence-electron chi connectivity index (χ3n) is 0.694. The average molecular weight is 153 g/mol. The van der Waals surface area contributed by atoms with Crippen LogP contribution in [0.3, 0.4) is 0 Å². The highest BCUT2D eigenvalue weighted by atomic mass is 31.2. The molecule has 0 aliphatic carbocycles. The van der Waals surface area contributed by atoms with Crippen molar-refractivity contribution in [1.29, 1.82) is 0 Å². The van der Waals surface area contributed by atoms with E-state index in [1.165, 1.54) is 0 Å². The van der Waals surface area contributed by atoms with Crippen molar-refractivity contribution in [3.8, 4) is 0 Å². The van der Waals surface area contributed by atoms with Gasteiger partial charge in [0.05, 0.1) is 0 Å². The fourth-order valence-electron chi connectivity index (χ4n) is 0.333. The lowest BCUT2D eigenvalue weighted by Crippen LogP contribution is -2.23. The van der Waals surface area contributed by atoms with Gasteiger partial charge < -0.3 is 5.11 Å². The molecule has 0 saturated carbocycles. The molecule has 56 valence electrons. The first-order valence-corrected chi connectivity index (χ1v) is 4.44. The minimum absolute atomic E-state index is 0.0486. The molecule has 9 heavy (non-hydrogen) atoms. The van der Waals surface area contributed by atoms with Crippen LogP contribution in [0.5, 0.6) is 0 Å². The van der Waals surface area contributed by atoms with Crippen LogP contribution >= 0.6 is 7.59 Å². The molecule has 0 radical (unpaired) electrons. The summed E-state index contributed by atoms with van der Waals surface area (Å²) in [5.74, 6) is 0. The van der Waals surface area contributed by atoms with Crippen molar-refractivity contribution in [2.24, 2.45) is 11.0 Å². The Morgan fingerprint density at radius 3 is 2.44 bits per heavy atom. The maximum absolute atomic E-state index is 10.5. The summed E-state index contributed by atoms with van der Waals surface area (Å²) in [7, 11) is -3.06. The number of hydrogen-bond acceptors (Lipinski definition) is 2. The largest absolute Gasteiger partial charge is 0.396 e. The van der Waals surface area contributed by atoms with Crippen LogP contribution in [-0.4, -0.2) is 18.3 Å². The number of nitrogens with two attached hydrogens (primary N) is 2. The van der Waals surface area contributed by atoms with Gasteiger partial charge in [0, 0.05) is 13.2 Å². The summed E-state index contributed by atoms with van der Waals surface area (Å²) in [6.07, 6.45) is 0.512. The van der Waals surface area contributed by atoms with Gasteiger partial charge in [-0.15, -0.1) is 0 Å². The lowest BCUT2D eigenvalue weighted by Gasteiger charge is -2.06. The van der Waals surface area contributed by atoms with Gasteiger partial charge >= 0.3 is 0 Å². The highest BCUT2D eigenvalue weighted by Crippen LogP contribution is 2.16. The summed E-state index contributed by atoms with van der Waals surface area (Å²) >= 11 is 0. The van der Waals surface area contributed by atoms with E-state index in [1.54, 1.807) is 0 Å². The van der Waals surface area contributed by atoms with Crippen molar-refractivity contribution < 1.29 is 9.67 Å². The third kappa shape index (κ3) is 8.07. The number of nitrogens with one attached hydrogen (secondary N) is 1. The van der Waals surface area contributed by atoms with Crippen molar-refractivity contribution >= 4 is 7.59 Å². The number of hydrogen-bond donors (Lipinski definition) is 4. The molecule has 0 aliphatic rings. The number of aliphatic hydroxyl groups excluding tert-OH is 1. The Kier molecular flexibility index (Phi) is 4.01. The summed E-state index contributed by atoms with van der Waals surface area (Å²) in [4.78, 5) is 0. The Morgan fingerprint density at radius 2 is 2.11 bits per heavy atom. The number of aliphatic hydroxyl groups is 1. The Hall–Kier alpha value is 0.0700. The van der Waals surface area contributed by atoms with Gasteiger partial charge in [-0.25, -0.2) is 5.09 Å². The van der Waals surface area contributed by atoms with E-state index in [9.17, 15) is 4.57 Å². The van der Waals surface area contributed by atoms with Gasteiger partial charge in [0.25, 0.3) is 7.59 Å². The molecule has 0 spiro atoms. The first kappa shape index (κ1) is 9.07. The van der Waals surface area contributed by atoms with Gasteiger partial charge in [-0.3, -0.25) is 15.6 Å². The topological polar surface area (TPSA) is 101 Å². The van der Waals surface area contributed by atoms with E-state index in [0.717, 1.165) is 0 Å². The zero-order valence-corrected chi connectivity index (χ0v) is 5.97. The van der Waals surface area contributed by atoms with Crippen molar-refractivity contribution in [2.45, 2.75) is 6.42 Å². The quantitative estimate of drug-likeness (QED) is 0.306. The lowest BCUT2D eigenvalue weighted by atomic mass is 10.5. The molecule has 5 nitrogen and oxygen atoms in total. The number of rotatable bonds is 4. The van der Waals surface area contributed by atoms with E-state index in [2.05, 4.69) is 5.09 Å². The van der Waals surface area contributed by atoms with E-state index < -0.39 is 7.59 Å². The molecule has 0 fully saturated rings. The van der Waals surface area contributed by atoms with Crippen molar-refractivity contribution in [1.82, 2.24) is 5.09 Å². The fourth-order valence-corrected chi connectivity index (χ4v) is 0.840. The lowest BCUT2D eigenvalue weighted by molar-refractivity contribution is 0.289. The molecule has 0 rings (SSSR count). The normalized spacial score (nSPS) is 11.9. The molecular weight excluding hydrogens is 141 g/mol. The minimum atomic E-state index is -3.06. The van der Waals surface area contributed by atoms with Crippen LogP contribution in [0.15, 0.2) is 0 Å². The van der Waals surface area contributed by atoms with Crippen LogP contribution in [0.2, 0.25) is 0 Å². The highest BCUT2D eigenvalue weighted by Gasteiger charge is 2.03. The average Bonchev–Trinajstić information content (AvgIpc) is 1.63. The smallest absolute Gasteiger partial charge is 0.273 e. The first-order valence-electron chi connectivity index (χ1n) is 2.59. The zero-order valence-electron chi connectivity index (χ0n) is 5.08. The minimum Gasteiger partial charge on any atom is -0.396 e. The second-order valence-corrected chi connectivity index (χ2v) is 3.43. The molecule has 0 saturated heterocycles. The SMILES string of the molecule is NP(N)(=O)NCCCO.